The maximum Gasteiger partial charge on any atom is 0.433 e. The van der Waals surface area contributed by atoms with Crippen LogP contribution in [0.2, 0.25) is 0 Å². The number of ketones is 1. The normalized spacial score (nSPS) is 11.4. The fourth-order valence-corrected chi connectivity index (χ4v) is 3.49. The lowest BCUT2D eigenvalue weighted by atomic mass is 10.0. The molecule has 0 aliphatic heterocycles. The Hall–Kier alpha value is -4.28. The molecule has 4 aromatic rings. The first kappa shape index (κ1) is 24.8. The summed E-state index contributed by atoms with van der Waals surface area (Å²) in [5.74, 6) is -0.750. The van der Waals surface area contributed by atoms with Crippen LogP contribution in [-0.4, -0.2) is 38.1 Å². The number of nitrogens with zero attached hydrogens (tertiary/aromatic N) is 4. The first-order valence-corrected chi connectivity index (χ1v) is 11.0. The van der Waals surface area contributed by atoms with Gasteiger partial charge in [-0.15, -0.1) is 0 Å². The molecular formula is C25H21F3N4O4. The Kier molecular flexibility index (Phi) is 7.28. The van der Waals surface area contributed by atoms with Crippen LogP contribution in [0.5, 0.6) is 5.75 Å². The summed E-state index contributed by atoms with van der Waals surface area (Å²) in [7, 11) is 0. The van der Waals surface area contributed by atoms with Crippen LogP contribution < -0.4 is 4.74 Å². The fourth-order valence-electron chi connectivity index (χ4n) is 3.49. The lowest BCUT2D eigenvalue weighted by Crippen LogP contribution is -2.13. The molecule has 0 spiro atoms. The number of carbonyl (C=O) groups excluding carboxylic acids is 2. The standard InChI is InChI=1S/C25H21F3N4O4/c1-2-35-24(34)14-32-13-17-10-16(11-21(33)19-7-5-8-23(30-19)25(26,27)28)22(12-20(17)31-32)36-15-18-6-3-4-9-29-18/h3-10,12-13H,2,11,14-15H2,1H3. The predicted molar refractivity (Wildman–Crippen MR) is 122 cm³/mol. The van der Waals surface area contributed by atoms with Crippen molar-refractivity contribution in [2.75, 3.05) is 6.61 Å². The van der Waals surface area contributed by atoms with E-state index in [0.29, 0.717) is 27.9 Å². The van der Waals surface area contributed by atoms with Crippen molar-refractivity contribution in [3.63, 3.8) is 0 Å². The minimum absolute atomic E-state index is 0.0961. The van der Waals surface area contributed by atoms with Gasteiger partial charge in [-0.1, -0.05) is 12.1 Å². The smallest absolute Gasteiger partial charge is 0.433 e. The second kappa shape index (κ2) is 10.5. The van der Waals surface area contributed by atoms with Crippen molar-refractivity contribution >= 4 is 22.7 Å². The third-order valence-electron chi connectivity index (χ3n) is 5.11. The number of fused-ring (bicyclic) bond motifs is 1. The number of hydrogen-bond donors (Lipinski definition) is 0. The number of ether oxygens (including phenoxy) is 2. The summed E-state index contributed by atoms with van der Waals surface area (Å²) in [6.07, 6.45) is -1.70. The van der Waals surface area contributed by atoms with E-state index in [0.717, 1.165) is 12.1 Å². The minimum atomic E-state index is -4.67. The van der Waals surface area contributed by atoms with Crippen LogP contribution in [0.1, 0.15) is 34.4 Å². The number of rotatable bonds is 9. The van der Waals surface area contributed by atoms with Crippen LogP contribution in [0.3, 0.4) is 0 Å². The highest BCUT2D eigenvalue weighted by Gasteiger charge is 2.33. The van der Waals surface area contributed by atoms with Crippen LogP contribution in [0.15, 0.2) is 60.9 Å². The van der Waals surface area contributed by atoms with Gasteiger partial charge in [0.25, 0.3) is 0 Å². The monoisotopic (exact) mass is 498 g/mol. The van der Waals surface area contributed by atoms with Crippen LogP contribution in [0.4, 0.5) is 13.2 Å². The minimum Gasteiger partial charge on any atom is -0.487 e. The number of benzene rings is 1. The van der Waals surface area contributed by atoms with Crippen molar-refractivity contribution in [3.05, 3.63) is 83.6 Å². The molecule has 11 heteroatoms. The predicted octanol–water partition coefficient (Wildman–Crippen LogP) is 4.41. The molecule has 0 aliphatic carbocycles. The van der Waals surface area contributed by atoms with Gasteiger partial charge in [-0.25, -0.2) is 4.98 Å². The number of carbonyl (C=O) groups is 2. The molecule has 0 atom stereocenters. The topological polar surface area (TPSA) is 96.2 Å². The molecule has 0 radical (unpaired) electrons. The average molecular weight is 498 g/mol. The summed E-state index contributed by atoms with van der Waals surface area (Å²) in [5.41, 5.74) is 0.124. The third kappa shape index (κ3) is 6.04. The molecule has 186 valence electrons. The molecule has 36 heavy (non-hydrogen) atoms. The van der Waals surface area contributed by atoms with E-state index in [1.807, 2.05) is 0 Å². The van der Waals surface area contributed by atoms with Gasteiger partial charge in [0.05, 0.1) is 17.8 Å². The Labute approximate surface area is 203 Å². The zero-order chi connectivity index (χ0) is 25.7. The number of aromatic nitrogens is 4. The summed E-state index contributed by atoms with van der Waals surface area (Å²) in [4.78, 5) is 32.4. The van der Waals surface area contributed by atoms with Crippen LogP contribution >= 0.6 is 0 Å². The lowest BCUT2D eigenvalue weighted by molar-refractivity contribution is -0.144. The molecular weight excluding hydrogens is 477 g/mol. The molecule has 4 rings (SSSR count). The van der Waals surface area contributed by atoms with E-state index in [1.54, 1.807) is 49.6 Å². The molecule has 0 aliphatic rings. The number of esters is 1. The Morgan fingerprint density at radius 1 is 1.08 bits per heavy atom. The summed E-state index contributed by atoms with van der Waals surface area (Å²) >= 11 is 0. The Bertz CT molecular complexity index is 1390. The van der Waals surface area contributed by atoms with E-state index in [1.165, 1.54) is 10.7 Å². The fraction of sp³-hybridized carbons (Fsp3) is 0.240. The van der Waals surface area contributed by atoms with Crippen LogP contribution in [0.25, 0.3) is 10.9 Å². The quantitative estimate of drug-likeness (QED) is 0.249. The maximum atomic E-state index is 13.1. The molecule has 8 nitrogen and oxygen atoms in total. The summed E-state index contributed by atoms with van der Waals surface area (Å²) in [6.45, 7) is 1.93. The first-order valence-electron chi connectivity index (χ1n) is 11.0. The van der Waals surface area contributed by atoms with Crippen molar-refractivity contribution in [1.82, 2.24) is 19.7 Å². The maximum absolute atomic E-state index is 13.1. The van der Waals surface area contributed by atoms with Crippen LogP contribution in [-0.2, 0) is 35.3 Å². The zero-order valence-electron chi connectivity index (χ0n) is 19.2. The molecule has 3 aromatic heterocycles. The highest BCUT2D eigenvalue weighted by atomic mass is 19.4. The molecule has 0 N–H and O–H groups in total. The Morgan fingerprint density at radius 2 is 1.92 bits per heavy atom. The first-order chi connectivity index (χ1) is 17.2. The van der Waals surface area contributed by atoms with Crippen molar-refractivity contribution in [3.8, 4) is 5.75 Å². The number of Topliss-reactive ketones (excluding diaryl/α,β-unsaturated/α-hetero) is 1. The molecule has 0 unspecified atom stereocenters. The third-order valence-corrected chi connectivity index (χ3v) is 5.11. The average Bonchev–Trinajstić information content (AvgIpc) is 3.23. The van der Waals surface area contributed by atoms with Crippen molar-refractivity contribution in [2.45, 2.75) is 32.7 Å². The molecule has 3 heterocycles. The number of alkyl halides is 3. The van der Waals surface area contributed by atoms with Crippen molar-refractivity contribution < 1.29 is 32.2 Å². The van der Waals surface area contributed by atoms with E-state index >= 15 is 0 Å². The van der Waals surface area contributed by atoms with Gasteiger partial charge in [-0.3, -0.25) is 19.3 Å². The van der Waals surface area contributed by atoms with E-state index in [-0.39, 0.29) is 31.9 Å². The number of halogens is 3. The van der Waals surface area contributed by atoms with Gasteiger partial charge in [0.2, 0.25) is 0 Å². The van der Waals surface area contributed by atoms with Gasteiger partial charge in [-0.2, -0.15) is 18.3 Å². The Balaban J connectivity index is 1.65. The second-order valence-corrected chi connectivity index (χ2v) is 7.77. The molecule has 0 bridgehead atoms. The molecule has 0 saturated carbocycles. The van der Waals surface area contributed by atoms with Gasteiger partial charge >= 0.3 is 12.1 Å². The van der Waals surface area contributed by atoms with Gasteiger partial charge < -0.3 is 9.47 Å². The molecule has 0 fully saturated rings. The zero-order valence-corrected chi connectivity index (χ0v) is 19.2. The van der Waals surface area contributed by atoms with Gasteiger partial charge in [0, 0.05) is 35.8 Å². The van der Waals surface area contributed by atoms with Gasteiger partial charge in [0.15, 0.2) is 5.78 Å². The summed E-state index contributed by atoms with van der Waals surface area (Å²) in [6, 6.07) is 11.8. The van der Waals surface area contributed by atoms with E-state index in [2.05, 4.69) is 15.1 Å². The number of pyridine rings is 2. The summed E-state index contributed by atoms with van der Waals surface area (Å²) < 4.78 is 51.4. The summed E-state index contributed by atoms with van der Waals surface area (Å²) in [5, 5.41) is 4.98. The Morgan fingerprint density at radius 3 is 2.64 bits per heavy atom. The SMILES string of the molecule is CCOC(=O)Cn1cc2cc(CC(=O)c3cccc(C(F)(F)F)n3)c(OCc3ccccn3)cc2n1. The molecule has 0 amide bonds. The molecule has 0 saturated heterocycles. The van der Waals surface area contributed by atoms with Crippen molar-refractivity contribution in [1.29, 1.82) is 0 Å². The van der Waals surface area contributed by atoms with Gasteiger partial charge in [-0.05, 0) is 37.3 Å². The molecule has 1 aromatic carbocycles. The van der Waals surface area contributed by atoms with Crippen LogP contribution in [0, 0.1) is 0 Å². The second-order valence-electron chi connectivity index (χ2n) is 7.77. The van der Waals surface area contributed by atoms with E-state index in [9.17, 15) is 22.8 Å². The van der Waals surface area contributed by atoms with E-state index < -0.39 is 23.6 Å². The highest BCUT2D eigenvalue weighted by molar-refractivity contribution is 5.97. The van der Waals surface area contributed by atoms with Crippen molar-refractivity contribution in [2.24, 2.45) is 0 Å². The van der Waals surface area contributed by atoms with E-state index in [4.69, 9.17) is 9.47 Å². The van der Waals surface area contributed by atoms with Gasteiger partial charge in [0.1, 0.15) is 30.3 Å². The number of hydrogen-bond acceptors (Lipinski definition) is 7. The highest BCUT2D eigenvalue weighted by Crippen LogP contribution is 2.29. The lowest BCUT2D eigenvalue weighted by Gasteiger charge is -2.12. The largest absolute Gasteiger partial charge is 0.487 e.